The molecule has 2 atom stereocenters. The molecule has 0 saturated heterocycles. The number of carboxylic acid groups (broad SMARTS) is 1. The first-order valence-corrected chi connectivity index (χ1v) is 8.42. The number of aliphatic carboxylic acids is 1. The lowest BCUT2D eigenvalue weighted by molar-refractivity contribution is -0.151. The number of carbonyl (C=O) groups excluding carboxylic acids is 1. The van der Waals surface area contributed by atoms with E-state index in [2.05, 4.69) is 11.6 Å². The molecule has 5 heteroatoms. The first-order chi connectivity index (χ1) is 9.07. The van der Waals surface area contributed by atoms with Crippen LogP contribution in [0, 0.1) is 5.41 Å². The smallest absolute Gasteiger partial charge is 0.310 e. The maximum Gasteiger partial charge on any atom is 0.310 e. The molecule has 2 unspecified atom stereocenters. The number of carbonyl (C=O) groups is 2. The second-order valence-electron chi connectivity index (χ2n) is 5.85. The lowest BCUT2D eigenvalue weighted by Gasteiger charge is -2.25. The maximum atomic E-state index is 12.1. The molecule has 0 aliphatic heterocycles. The van der Waals surface area contributed by atoms with Gasteiger partial charge < -0.3 is 10.4 Å². The quantitative estimate of drug-likeness (QED) is 0.814. The van der Waals surface area contributed by atoms with Crippen molar-refractivity contribution in [1.82, 2.24) is 5.32 Å². The first kappa shape index (κ1) is 14.7. The molecular formula is C14H23NO3S. The highest BCUT2D eigenvalue weighted by atomic mass is 32.2. The van der Waals surface area contributed by atoms with Gasteiger partial charge in [-0.25, -0.2) is 0 Å². The number of hydrogen-bond acceptors (Lipinski definition) is 3. The minimum atomic E-state index is -0.798. The van der Waals surface area contributed by atoms with E-state index < -0.39 is 11.4 Å². The summed E-state index contributed by atoms with van der Waals surface area (Å²) >= 11 is 1.80. The molecule has 2 N–H and O–H groups in total. The van der Waals surface area contributed by atoms with Crippen molar-refractivity contribution in [3.8, 4) is 0 Å². The predicted octanol–water partition coefficient (Wildman–Crippen LogP) is 2.42. The highest BCUT2D eigenvalue weighted by Gasteiger charge is 2.43. The van der Waals surface area contributed by atoms with Crippen LogP contribution in [-0.4, -0.2) is 34.5 Å². The van der Waals surface area contributed by atoms with Crippen LogP contribution < -0.4 is 5.32 Å². The van der Waals surface area contributed by atoms with Gasteiger partial charge in [0.2, 0.25) is 5.91 Å². The largest absolute Gasteiger partial charge is 0.481 e. The van der Waals surface area contributed by atoms with Crippen molar-refractivity contribution >= 4 is 23.6 Å². The van der Waals surface area contributed by atoms with Crippen molar-refractivity contribution in [3.63, 3.8) is 0 Å². The van der Waals surface area contributed by atoms with E-state index in [1.54, 1.807) is 11.8 Å². The maximum absolute atomic E-state index is 12.1. The SMILES string of the molecule is CSC1CCCC1NC(=O)CC1(C(=O)O)CCCC1. The van der Waals surface area contributed by atoms with Gasteiger partial charge in [-0.15, -0.1) is 0 Å². The molecule has 0 heterocycles. The molecule has 0 aromatic carbocycles. The van der Waals surface area contributed by atoms with Crippen LogP contribution in [0.4, 0.5) is 0 Å². The van der Waals surface area contributed by atoms with E-state index in [4.69, 9.17) is 0 Å². The third-order valence-electron chi connectivity index (χ3n) is 4.61. The second-order valence-corrected chi connectivity index (χ2v) is 6.93. The molecule has 2 saturated carbocycles. The first-order valence-electron chi connectivity index (χ1n) is 7.13. The highest BCUT2D eigenvalue weighted by molar-refractivity contribution is 7.99. The van der Waals surface area contributed by atoms with Crippen LogP contribution in [0.2, 0.25) is 0 Å². The molecule has 4 nitrogen and oxygen atoms in total. The molecule has 0 radical (unpaired) electrons. The molecule has 2 aliphatic carbocycles. The van der Waals surface area contributed by atoms with E-state index in [1.807, 2.05) is 0 Å². The molecule has 0 aromatic rings. The normalized spacial score (nSPS) is 29.3. The lowest BCUT2D eigenvalue weighted by atomic mass is 9.82. The lowest BCUT2D eigenvalue weighted by Crippen LogP contribution is -2.42. The Kier molecular flexibility index (Phi) is 4.76. The van der Waals surface area contributed by atoms with Crippen molar-refractivity contribution in [2.75, 3.05) is 6.26 Å². The van der Waals surface area contributed by atoms with Gasteiger partial charge in [0.05, 0.1) is 5.41 Å². The number of amides is 1. The number of carboxylic acids is 1. The fourth-order valence-corrected chi connectivity index (χ4v) is 4.39. The molecule has 0 aromatic heterocycles. The van der Waals surface area contributed by atoms with Crippen LogP contribution in [0.5, 0.6) is 0 Å². The van der Waals surface area contributed by atoms with Gasteiger partial charge in [-0.05, 0) is 31.9 Å². The van der Waals surface area contributed by atoms with E-state index in [0.717, 1.165) is 32.1 Å². The van der Waals surface area contributed by atoms with Crippen molar-refractivity contribution in [3.05, 3.63) is 0 Å². The molecule has 19 heavy (non-hydrogen) atoms. The van der Waals surface area contributed by atoms with E-state index in [-0.39, 0.29) is 18.4 Å². The standard InChI is InChI=1S/C14H23NO3S/c1-19-11-6-4-5-10(11)15-12(16)9-14(13(17)18)7-2-3-8-14/h10-11H,2-9H2,1H3,(H,15,16)(H,17,18). The fourth-order valence-electron chi connectivity index (χ4n) is 3.46. The molecule has 0 spiro atoms. The summed E-state index contributed by atoms with van der Waals surface area (Å²) in [6, 6.07) is 0.231. The Hall–Kier alpha value is -0.710. The monoisotopic (exact) mass is 285 g/mol. The predicted molar refractivity (Wildman–Crippen MR) is 76.2 cm³/mol. The van der Waals surface area contributed by atoms with Crippen LogP contribution in [0.3, 0.4) is 0 Å². The zero-order valence-corrected chi connectivity index (χ0v) is 12.3. The average Bonchev–Trinajstić information content (AvgIpc) is 2.98. The van der Waals surface area contributed by atoms with E-state index in [1.165, 1.54) is 0 Å². The number of rotatable bonds is 5. The zero-order chi connectivity index (χ0) is 13.9. The molecule has 2 aliphatic rings. The van der Waals surface area contributed by atoms with Crippen molar-refractivity contribution in [2.45, 2.75) is 62.7 Å². The summed E-state index contributed by atoms with van der Waals surface area (Å²) in [5.41, 5.74) is -0.794. The van der Waals surface area contributed by atoms with E-state index in [0.29, 0.717) is 18.1 Å². The van der Waals surface area contributed by atoms with Gasteiger partial charge in [0, 0.05) is 17.7 Å². The van der Waals surface area contributed by atoms with Crippen molar-refractivity contribution in [2.24, 2.45) is 5.41 Å². The van der Waals surface area contributed by atoms with Crippen LogP contribution >= 0.6 is 11.8 Å². The van der Waals surface area contributed by atoms with Crippen LogP contribution in [-0.2, 0) is 9.59 Å². The molecule has 2 rings (SSSR count). The highest BCUT2D eigenvalue weighted by Crippen LogP contribution is 2.41. The van der Waals surface area contributed by atoms with Crippen molar-refractivity contribution in [1.29, 1.82) is 0 Å². The van der Waals surface area contributed by atoms with Gasteiger partial charge in [-0.2, -0.15) is 11.8 Å². The Balaban J connectivity index is 1.91. The number of thioether (sulfide) groups is 1. The molecule has 0 bridgehead atoms. The summed E-state index contributed by atoms with van der Waals surface area (Å²) in [6.07, 6.45) is 8.70. The second kappa shape index (κ2) is 6.16. The van der Waals surface area contributed by atoms with Gasteiger partial charge in [0.25, 0.3) is 0 Å². The Morgan fingerprint density at radius 3 is 2.53 bits per heavy atom. The number of hydrogen-bond donors (Lipinski definition) is 2. The minimum absolute atomic E-state index is 0.0738. The topological polar surface area (TPSA) is 66.4 Å². The third-order valence-corrected chi connectivity index (χ3v) is 5.78. The van der Waals surface area contributed by atoms with E-state index in [9.17, 15) is 14.7 Å². The molecule has 1 amide bonds. The summed E-state index contributed by atoms with van der Waals surface area (Å²) in [5.74, 6) is -0.872. The Morgan fingerprint density at radius 1 is 1.26 bits per heavy atom. The summed E-state index contributed by atoms with van der Waals surface area (Å²) < 4.78 is 0. The Morgan fingerprint density at radius 2 is 1.95 bits per heavy atom. The van der Waals surface area contributed by atoms with E-state index >= 15 is 0 Å². The Labute approximate surface area is 118 Å². The van der Waals surface area contributed by atoms with Gasteiger partial charge in [0.1, 0.15) is 0 Å². The fraction of sp³-hybridized carbons (Fsp3) is 0.857. The average molecular weight is 285 g/mol. The minimum Gasteiger partial charge on any atom is -0.481 e. The Bertz CT molecular complexity index is 353. The molecule has 108 valence electrons. The van der Waals surface area contributed by atoms with Crippen LogP contribution in [0.15, 0.2) is 0 Å². The summed E-state index contributed by atoms with van der Waals surface area (Å²) in [6.45, 7) is 0. The van der Waals surface area contributed by atoms with Crippen molar-refractivity contribution < 1.29 is 14.7 Å². The third kappa shape index (κ3) is 3.25. The molecule has 2 fully saturated rings. The van der Waals surface area contributed by atoms with Crippen LogP contribution in [0.25, 0.3) is 0 Å². The van der Waals surface area contributed by atoms with Gasteiger partial charge in [-0.1, -0.05) is 19.3 Å². The van der Waals surface area contributed by atoms with Crippen LogP contribution in [0.1, 0.15) is 51.4 Å². The van der Waals surface area contributed by atoms with Gasteiger partial charge >= 0.3 is 5.97 Å². The zero-order valence-electron chi connectivity index (χ0n) is 11.5. The van der Waals surface area contributed by atoms with Gasteiger partial charge in [0.15, 0.2) is 0 Å². The summed E-state index contributed by atoms with van der Waals surface area (Å²) in [5, 5.41) is 12.9. The molecular weight excluding hydrogens is 262 g/mol. The summed E-state index contributed by atoms with van der Waals surface area (Å²) in [4.78, 5) is 23.6. The number of nitrogens with one attached hydrogen (secondary N) is 1. The van der Waals surface area contributed by atoms with Gasteiger partial charge in [-0.3, -0.25) is 9.59 Å². The summed E-state index contributed by atoms with van der Waals surface area (Å²) in [7, 11) is 0.